The number of rotatable bonds is 0. The lowest BCUT2D eigenvalue weighted by Gasteiger charge is -2.16. The number of halogens is 2. The van der Waals surface area contributed by atoms with Crippen LogP contribution in [0.15, 0.2) is 15.8 Å². The second-order valence-corrected chi connectivity index (χ2v) is 4.21. The molecule has 0 aliphatic rings. The van der Waals surface area contributed by atoms with Crippen LogP contribution in [0.2, 0.25) is 0 Å². The Hall–Kier alpha value is 0.100. The Labute approximate surface area is 72.5 Å². The summed E-state index contributed by atoms with van der Waals surface area (Å²) in [5.41, 5.74) is 4.02. The first-order chi connectivity index (χ1) is 4.34. The number of hydrogen-bond acceptors (Lipinski definition) is 0. The lowest BCUT2D eigenvalue weighted by Crippen LogP contribution is -2.05. The van der Waals surface area contributed by atoms with Crippen molar-refractivity contribution in [2.75, 3.05) is 0 Å². The Bertz CT molecular complexity index is 174. The molecule has 0 rings (SSSR count). The molecule has 0 saturated heterocycles. The van der Waals surface area contributed by atoms with Gasteiger partial charge in [0.25, 0.3) is 0 Å². The minimum Gasteiger partial charge on any atom is -0.0891 e. The molecule has 0 heterocycles. The van der Waals surface area contributed by atoms with Crippen molar-refractivity contribution in [1.29, 1.82) is 0 Å². The minimum atomic E-state index is 0.106. The van der Waals surface area contributed by atoms with Gasteiger partial charge in [-0.25, -0.2) is 0 Å². The zero-order valence-corrected chi connectivity index (χ0v) is 8.27. The molecule has 0 amide bonds. The molecular weight excluding hydrogens is 167 g/mol. The Morgan fingerprint density at radius 3 is 1.70 bits per heavy atom. The lowest BCUT2D eigenvalue weighted by molar-refractivity contribution is 0.505. The smallest absolute Gasteiger partial charge is 0.0891 e. The van der Waals surface area contributed by atoms with Crippen molar-refractivity contribution in [3.63, 3.8) is 0 Å². The third-order valence-corrected chi connectivity index (χ3v) is 1.60. The fourth-order valence-electron chi connectivity index (χ4n) is 0.329. The van der Waals surface area contributed by atoms with E-state index in [-0.39, 0.29) is 9.91 Å². The van der Waals surface area contributed by atoms with Gasteiger partial charge in [0.15, 0.2) is 0 Å². The van der Waals surface area contributed by atoms with Crippen molar-refractivity contribution >= 4 is 23.2 Å². The van der Waals surface area contributed by atoms with Gasteiger partial charge in [-0.2, -0.15) is 0 Å². The average Bonchev–Trinajstić information content (AvgIpc) is 1.60. The van der Waals surface area contributed by atoms with Gasteiger partial charge in [-0.1, -0.05) is 49.7 Å². The van der Waals surface area contributed by atoms with E-state index in [0.29, 0.717) is 0 Å². The molecule has 0 aromatic heterocycles. The summed E-state index contributed by atoms with van der Waals surface area (Å²) in [6.45, 7) is 8.23. The molecule has 0 N–H and O–H groups in total. The van der Waals surface area contributed by atoms with Crippen molar-refractivity contribution in [2.24, 2.45) is 5.41 Å². The third-order valence-electron chi connectivity index (χ3n) is 1.41. The Morgan fingerprint density at radius 2 is 1.60 bits per heavy atom. The monoisotopic (exact) mass is 178 g/mol. The molecule has 0 atom stereocenters. The van der Waals surface area contributed by atoms with E-state index in [0.717, 1.165) is 5.57 Å². The molecule has 0 spiro atoms. The summed E-state index contributed by atoms with van der Waals surface area (Å²) in [4.78, 5) is 0. The molecule has 0 bridgehead atoms. The predicted molar refractivity (Wildman–Crippen MR) is 47.4 cm³/mol. The molecule has 0 saturated carbocycles. The van der Waals surface area contributed by atoms with Crippen LogP contribution in [0.4, 0.5) is 0 Å². The summed E-state index contributed by atoms with van der Waals surface area (Å²) in [6, 6.07) is 0. The van der Waals surface area contributed by atoms with Gasteiger partial charge in [0, 0.05) is 0 Å². The van der Waals surface area contributed by atoms with Gasteiger partial charge in [-0.05, 0) is 17.9 Å². The first kappa shape index (κ1) is 10.1. The van der Waals surface area contributed by atoms with Crippen LogP contribution in [0.3, 0.4) is 0 Å². The van der Waals surface area contributed by atoms with Gasteiger partial charge >= 0.3 is 0 Å². The van der Waals surface area contributed by atoms with Gasteiger partial charge in [-0.15, -0.1) is 0 Å². The fraction of sp³-hybridized carbons (Fsp3) is 0.625. The van der Waals surface area contributed by atoms with E-state index >= 15 is 0 Å². The normalized spacial score (nSPS) is 10.6. The van der Waals surface area contributed by atoms with Crippen LogP contribution in [-0.4, -0.2) is 0 Å². The van der Waals surface area contributed by atoms with E-state index < -0.39 is 0 Å². The van der Waals surface area contributed by atoms with Gasteiger partial charge in [0.1, 0.15) is 4.49 Å². The van der Waals surface area contributed by atoms with Gasteiger partial charge in [0.2, 0.25) is 0 Å². The minimum absolute atomic E-state index is 0.106. The highest BCUT2D eigenvalue weighted by Gasteiger charge is 2.11. The van der Waals surface area contributed by atoms with Gasteiger partial charge < -0.3 is 0 Å². The van der Waals surface area contributed by atoms with Crippen molar-refractivity contribution < 1.29 is 0 Å². The molecule has 0 unspecified atom stereocenters. The molecule has 58 valence electrons. The van der Waals surface area contributed by atoms with Crippen molar-refractivity contribution in [3.8, 4) is 0 Å². The largest absolute Gasteiger partial charge is 0.148 e. The van der Waals surface area contributed by atoms with E-state index in [1.165, 1.54) is 0 Å². The summed E-state index contributed by atoms with van der Waals surface area (Å²) < 4.78 is 0.201. The summed E-state index contributed by atoms with van der Waals surface area (Å²) >= 11 is 10.9. The summed E-state index contributed by atoms with van der Waals surface area (Å²) in [5, 5.41) is 0. The van der Waals surface area contributed by atoms with Crippen LogP contribution in [0.25, 0.3) is 0 Å². The molecular formula is C8H12Cl2. The highest BCUT2D eigenvalue weighted by molar-refractivity contribution is 6.55. The first-order valence-corrected chi connectivity index (χ1v) is 3.88. The molecule has 0 fully saturated rings. The second kappa shape index (κ2) is 3.48. The molecule has 0 radical (unpaired) electrons. The molecule has 0 aliphatic heterocycles. The predicted octanol–water partition coefficient (Wildman–Crippen LogP) is 3.90. The molecule has 0 aromatic rings. The maximum Gasteiger partial charge on any atom is 0.148 e. The van der Waals surface area contributed by atoms with Crippen molar-refractivity contribution in [2.45, 2.75) is 27.7 Å². The molecule has 0 aliphatic carbocycles. The second-order valence-electron chi connectivity index (χ2n) is 3.26. The summed E-state index contributed by atoms with van der Waals surface area (Å²) in [5.74, 6) is 0. The van der Waals surface area contributed by atoms with Crippen LogP contribution in [0, 0.1) is 5.41 Å². The van der Waals surface area contributed by atoms with Gasteiger partial charge in [0.05, 0.1) is 0 Å². The maximum absolute atomic E-state index is 5.43. The average molecular weight is 179 g/mol. The van der Waals surface area contributed by atoms with Crippen molar-refractivity contribution in [3.05, 3.63) is 15.8 Å². The fourth-order valence-corrected chi connectivity index (χ4v) is 0.613. The van der Waals surface area contributed by atoms with E-state index in [1.807, 2.05) is 6.92 Å². The van der Waals surface area contributed by atoms with Crippen LogP contribution in [0.1, 0.15) is 27.7 Å². The zero-order chi connectivity index (χ0) is 8.36. The Balaban J connectivity index is 4.69. The van der Waals surface area contributed by atoms with Crippen LogP contribution >= 0.6 is 23.2 Å². The van der Waals surface area contributed by atoms with Crippen molar-refractivity contribution in [1.82, 2.24) is 0 Å². The third kappa shape index (κ3) is 4.00. The zero-order valence-electron chi connectivity index (χ0n) is 6.76. The number of hydrogen-bond donors (Lipinski definition) is 0. The highest BCUT2D eigenvalue weighted by atomic mass is 35.5. The number of allylic oxidation sites excluding steroid dienone is 1. The van der Waals surface area contributed by atoms with E-state index in [9.17, 15) is 0 Å². The lowest BCUT2D eigenvalue weighted by atomic mass is 9.88. The summed E-state index contributed by atoms with van der Waals surface area (Å²) in [6.07, 6.45) is 0. The highest BCUT2D eigenvalue weighted by Crippen LogP contribution is 2.24. The summed E-state index contributed by atoms with van der Waals surface area (Å²) in [7, 11) is 0. The van der Waals surface area contributed by atoms with Crippen LogP contribution in [-0.2, 0) is 0 Å². The quantitative estimate of drug-likeness (QED) is 0.494. The SMILES string of the molecule is CC(=C=C(Cl)Cl)C(C)(C)C. The molecule has 10 heavy (non-hydrogen) atoms. The first-order valence-electron chi connectivity index (χ1n) is 3.13. The molecule has 0 aromatic carbocycles. The van der Waals surface area contributed by atoms with E-state index in [4.69, 9.17) is 23.2 Å². The van der Waals surface area contributed by atoms with E-state index in [2.05, 4.69) is 26.5 Å². The van der Waals surface area contributed by atoms with Crippen LogP contribution < -0.4 is 0 Å². The topological polar surface area (TPSA) is 0 Å². The maximum atomic E-state index is 5.43. The Morgan fingerprint density at radius 1 is 1.20 bits per heavy atom. The van der Waals surface area contributed by atoms with Gasteiger partial charge in [-0.3, -0.25) is 0 Å². The molecule has 2 heteroatoms. The Kier molecular flexibility index (Phi) is 3.51. The van der Waals surface area contributed by atoms with E-state index in [1.54, 1.807) is 0 Å². The standard InChI is InChI=1S/C8H12Cl2/c1-6(5-7(9)10)8(2,3)4/h1-4H3. The molecule has 0 nitrogen and oxygen atoms in total. The van der Waals surface area contributed by atoms with Crippen LogP contribution in [0.5, 0.6) is 0 Å².